The molecule has 1 fully saturated rings. The molecule has 0 bridgehead atoms. The molecule has 122 valence electrons. The van der Waals surface area contributed by atoms with E-state index in [0.717, 1.165) is 23.6 Å². The second-order valence-corrected chi connectivity index (χ2v) is 6.32. The molecular weight excluding hydrogens is 302 g/mol. The van der Waals surface area contributed by atoms with Crippen molar-refractivity contribution in [2.24, 2.45) is 5.92 Å². The maximum Gasteiger partial charge on any atom is 0.237 e. The van der Waals surface area contributed by atoms with Crippen LogP contribution in [0.5, 0.6) is 5.88 Å². The first kappa shape index (κ1) is 14.9. The highest BCUT2D eigenvalue weighted by atomic mass is 16.5. The van der Waals surface area contributed by atoms with Gasteiger partial charge in [-0.25, -0.2) is 4.98 Å². The van der Waals surface area contributed by atoms with Crippen LogP contribution in [-0.4, -0.2) is 27.3 Å². The zero-order chi connectivity index (χ0) is 16.7. The van der Waals surface area contributed by atoms with Crippen molar-refractivity contribution in [2.45, 2.75) is 26.2 Å². The molecular formula is C19H19N3O2. The molecule has 5 nitrogen and oxygen atoms in total. The molecule has 0 aliphatic heterocycles. The van der Waals surface area contributed by atoms with Crippen molar-refractivity contribution >= 4 is 11.6 Å². The van der Waals surface area contributed by atoms with Gasteiger partial charge in [-0.2, -0.15) is 4.98 Å². The third-order valence-electron chi connectivity index (χ3n) is 4.60. The second-order valence-electron chi connectivity index (χ2n) is 6.32. The highest BCUT2D eigenvalue weighted by Crippen LogP contribution is 2.36. The van der Waals surface area contributed by atoms with Gasteiger partial charge in [0.05, 0.1) is 7.11 Å². The van der Waals surface area contributed by atoms with Gasteiger partial charge in [-0.15, -0.1) is 0 Å². The lowest BCUT2D eigenvalue weighted by molar-refractivity contribution is 0.103. The van der Waals surface area contributed by atoms with Crippen molar-refractivity contribution in [1.29, 1.82) is 0 Å². The van der Waals surface area contributed by atoms with E-state index in [1.807, 2.05) is 29.5 Å². The molecule has 0 amide bonds. The van der Waals surface area contributed by atoms with Crippen LogP contribution in [0.4, 0.5) is 0 Å². The van der Waals surface area contributed by atoms with E-state index in [9.17, 15) is 4.79 Å². The number of benzene rings is 1. The standard InChI is InChI=1S/C19H19N3O2/c1-12-15(10-13-8-9-13)18(24-2)21-19-20-16(11-22(12)19)17(23)14-6-4-3-5-7-14/h3-7,11,13H,8-10H2,1-2H3. The lowest BCUT2D eigenvalue weighted by atomic mass is 10.1. The predicted octanol–water partition coefficient (Wildman–Crippen LogP) is 3.23. The van der Waals surface area contributed by atoms with E-state index in [1.54, 1.807) is 25.4 Å². The van der Waals surface area contributed by atoms with Crippen LogP contribution in [-0.2, 0) is 6.42 Å². The number of hydrogen-bond donors (Lipinski definition) is 0. The Morgan fingerprint density at radius 3 is 2.67 bits per heavy atom. The first-order valence-corrected chi connectivity index (χ1v) is 8.19. The van der Waals surface area contributed by atoms with E-state index >= 15 is 0 Å². The summed E-state index contributed by atoms with van der Waals surface area (Å²) in [5, 5.41) is 0. The largest absolute Gasteiger partial charge is 0.481 e. The highest BCUT2D eigenvalue weighted by Gasteiger charge is 2.26. The first-order valence-electron chi connectivity index (χ1n) is 8.19. The van der Waals surface area contributed by atoms with E-state index in [4.69, 9.17) is 4.74 Å². The molecule has 3 aromatic rings. The molecule has 1 aromatic carbocycles. The van der Waals surface area contributed by atoms with Gasteiger partial charge in [0.25, 0.3) is 0 Å². The zero-order valence-corrected chi connectivity index (χ0v) is 13.8. The molecule has 0 unspecified atom stereocenters. The Labute approximate surface area is 140 Å². The Kier molecular flexibility index (Phi) is 3.56. The summed E-state index contributed by atoms with van der Waals surface area (Å²) in [6.45, 7) is 2.04. The number of carbonyl (C=O) groups is 1. The number of ether oxygens (including phenoxy) is 1. The van der Waals surface area contributed by atoms with Gasteiger partial charge in [0.15, 0.2) is 0 Å². The SMILES string of the molecule is COc1nc2nc(C(=O)c3ccccc3)cn2c(C)c1CC1CC1. The number of fused-ring (bicyclic) bond motifs is 1. The Morgan fingerprint density at radius 1 is 1.25 bits per heavy atom. The minimum absolute atomic E-state index is 0.0943. The summed E-state index contributed by atoms with van der Waals surface area (Å²) in [5.41, 5.74) is 3.19. The molecule has 24 heavy (non-hydrogen) atoms. The normalized spacial score (nSPS) is 14.1. The van der Waals surface area contributed by atoms with Crippen molar-refractivity contribution in [2.75, 3.05) is 7.11 Å². The van der Waals surface area contributed by atoms with Crippen molar-refractivity contribution in [1.82, 2.24) is 14.4 Å². The summed E-state index contributed by atoms with van der Waals surface area (Å²) in [6, 6.07) is 9.19. The number of aromatic nitrogens is 3. The quantitative estimate of drug-likeness (QED) is 0.677. The van der Waals surface area contributed by atoms with Crippen molar-refractivity contribution < 1.29 is 9.53 Å². The summed E-state index contributed by atoms with van der Waals surface area (Å²) in [6.07, 6.45) is 5.28. The Bertz CT molecular complexity index is 911. The van der Waals surface area contributed by atoms with Gasteiger partial charge in [0, 0.05) is 23.0 Å². The third kappa shape index (κ3) is 2.56. The zero-order valence-electron chi connectivity index (χ0n) is 13.8. The van der Waals surface area contributed by atoms with E-state index in [1.165, 1.54) is 12.8 Å². The average molecular weight is 321 g/mol. The van der Waals surface area contributed by atoms with E-state index < -0.39 is 0 Å². The topological polar surface area (TPSA) is 56.5 Å². The molecule has 0 radical (unpaired) electrons. The van der Waals surface area contributed by atoms with E-state index in [2.05, 4.69) is 9.97 Å². The van der Waals surface area contributed by atoms with Crippen LogP contribution >= 0.6 is 0 Å². The molecule has 2 aromatic heterocycles. The third-order valence-corrected chi connectivity index (χ3v) is 4.60. The molecule has 2 heterocycles. The van der Waals surface area contributed by atoms with Crippen LogP contribution in [0.1, 0.15) is 40.2 Å². The highest BCUT2D eigenvalue weighted by molar-refractivity contribution is 6.07. The minimum atomic E-state index is -0.0943. The van der Waals surface area contributed by atoms with Gasteiger partial charge in [0.1, 0.15) is 5.69 Å². The number of hydrogen-bond acceptors (Lipinski definition) is 4. The van der Waals surface area contributed by atoms with E-state index in [-0.39, 0.29) is 5.78 Å². The summed E-state index contributed by atoms with van der Waals surface area (Å²) >= 11 is 0. The molecule has 0 saturated heterocycles. The number of nitrogens with zero attached hydrogens (tertiary/aromatic N) is 3. The molecule has 5 heteroatoms. The van der Waals surface area contributed by atoms with Crippen LogP contribution in [0.15, 0.2) is 36.5 Å². The Morgan fingerprint density at radius 2 is 2.00 bits per heavy atom. The van der Waals surface area contributed by atoms with Crippen LogP contribution in [0.3, 0.4) is 0 Å². The van der Waals surface area contributed by atoms with Gasteiger partial charge in [-0.1, -0.05) is 30.3 Å². The maximum absolute atomic E-state index is 12.6. The number of aryl methyl sites for hydroxylation is 1. The lowest BCUT2D eigenvalue weighted by Gasteiger charge is -2.11. The first-order chi connectivity index (χ1) is 11.7. The van der Waals surface area contributed by atoms with Crippen LogP contribution in [0, 0.1) is 12.8 Å². The number of carbonyl (C=O) groups excluding carboxylic acids is 1. The van der Waals surface area contributed by atoms with Crippen molar-refractivity contribution in [3.8, 4) is 5.88 Å². The minimum Gasteiger partial charge on any atom is -0.481 e. The second kappa shape index (κ2) is 5.74. The Balaban J connectivity index is 1.80. The van der Waals surface area contributed by atoms with Crippen LogP contribution < -0.4 is 4.74 Å². The van der Waals surface area contributed by atoms with Crippen molar-refractivity contribution in [3.05, 3.63) is 59.0 Å². The fraction of sp³-hybridized carbons (Fsp3) is 0.316. The predicted molar refractivity (Wildman–Crippen MR) is 90.6 cm³/mol. The molecule has 0 N–H and O–H groups in total. The van der Waals surface area contributed by atoms with Gasteiger partial charge in [-0.3, -0.25) is 9.20 Å². The fourth-order valence-electron chi connectivity index (χ4n) is 3.02. The molecule has 1 aliphatic rings. The van der Waals surface area contributed by atoms with Crippen LogP contribution in [0.25, 0.3) is 5.78 Å². The molecule has 1 saturated carbocycles. The van der Waals surface area contributed by atoms with Crippen molar-refractivity contribution in [3.63, 3.8) is 0 Å². The van der Waals surface area contributed by atoms with Gasteiger partial charge in [0.2, 0.25) is 17.4 Å². The summed E-state index contributed by atoms with van der Waals surface area (Å²) < 4.78 is 7.37. The average Bonchev–Trinajstić information content (AvgIpc) is 3.33. The Hall–Kier alpha value is -2.69. The maximum atomic E-state index is 12.6. The van der Waals surface area contributed by atoms with Gasteiger partial charge >= 0.3 is 0 Å². The monoisotopic (exact) mass is 321 g/mol. The molecule has 0 atom stereocenters. The summed E-state index contributed by atoms with van der Waals surface area (Å²) in [4.78, 5) is 21.5. The molecule has 0 spiro atoms. The van der Waals surface area contributed by atoms with E-state index in [0.29, 0.717) is 22.9 Å². The summed E-state index contributed by atoms with van der Waals surface area (Å²) in [7, 11) is 1.63. The number of imidazole rings is 1. The molecule has 1 aliphatic carbocycles. The number of methoxy groups -OCH3 is 1. The van der Waals surface area contributed by atoms with Gasteiger partial charge < -0.3 is 4.74 Å². The lowest BCUT2D eigenvalue weighted by Crippen LogP contribution is -2.05. The van der Waals surface area contributed by atoms with Gasteiger partial charge in [-0.05, 0) is 32.1 Å². The molecule has 4 rings (SSSR count). The number of ketones is 1. The number of rotatable bonds is 5. The van der Waals surface area contributed by atoms with Crippen LogP contribution in [0.2, 0.25) is 0 Å². The smallest absolute Gasteiger partial charge is 0.237 e. The fourth-order valence-corrected chi connectivity index (χ4v) is 3.02. The summed E-state index contributed by atoms with van der Waals surface area (Å²) in [5.74, 6) is 1.76.